The Labute approximate surface area is 212 Å². The Bertz CT molecular complexity index is 1380. The zero-order valence-corrected chi connectivity index (χ0v) is 20.1. The van der Waals surface area contributed by atoms with Crippen molar-refractivity contribution in [1.82, 2.24) is 0 Å². The number of carbonyl (C=O) groups excluding carboxylic acids is 2. The van der Waals surface area contributed by atoms with Gasteiger partial charge in [0, 0.05) is 35.7 Å². The summed E-state index contributed by atoms with van der Waals surface area (Å²) in [7, 11) is 0. The summed E-state index contributed by atoms with van der Waals surface area (Å²) in [5.41, 5.74) is 3.29. The third kappa shape index (κ3) is 4.26. The van der Waals surface area contributed by atoms with Crippen LogP contribution in [0, 0.1) is 0 Å². The van der Waals surface area contributed by atoms with E-state index >= 15 is 0 Å². The minimum absolute atomic E-state index is 0.0257. The minimum Gasteiger partial charge on any atom is -0.478 e. The zero-order chi connectivity index (χ0) is 24.7. The molecular weight excluding hydrogens is 485 g/mol. The van der Waals surface area contributed by atoms with Crippen molar-refractivity contribution in [1.29, 1.82) is 0 Å². The van der Waals surface area contributed by atoms with Gasteiger partial charge in [0.1, 0.15) is 0 Å². The van der Waals surface area contributed by atoms with Crippen molar-refractivity contribution in [2.75, 3.05) is 4.90 Å². The van der Waals surface area contributed by atoms with Gasteiger partial charge in [-0.1, -0.05) is 71.7 Å². The number of nitrogens with zero attached hydrogens (tertiary/aromatic N) is 1. The molecule has 1 N–H and O–H groups in total. The van der Waals surface area contributed by atoms with Crippen LogP contribution in [0.2, 0.25) is 10.0 Å². The molecule has 1 aliphatic heterocycles. The van der Waals surface area contributed by atoms with E-state index in [0.717, 1.165) is 5.56 Å². The fraction of sp³-hybridized carbons (Fsp3) is 0.179. The number of benzene rings is 3. The van der Waals surface area contributed by atoms with Crippen LogP contribution in [-0.2, 0) is 9.59 Å². The maximum absolute atomic E-state index is 13.7. The van der Waals surface area contributed by atoms with Crippen molar-refractivity contribution in [2.24, 2.45) is 0 Å². The molecule has 0 fully saturated rings. The van der Waals surface area contributed by atoms with Gasteiger partial charge in [0.25, 0.3) is 0 Å². The summed E-state index contributed by atoms with van der Waals surface area (Å²) in [6.07, 6.45) is 0.801. The maximum Gasteiger partial charge on any atom is 0.335 e. The number of ketones is 1. The monoisotopic (exact) mass is 505 g/mol. The fourth-order valence-corrected chi connectivity index (χ4v) is 5.57. The molecule has 7 heteroatoms. The van der Waals surface area contributed by atoms with E-state index in [1.807, 2.05) is 30.3 Å². The van der Waals surface area contributed by atoms with Crippen molar-refractivity contribution in [3.8, 4) is 0 Å². The first-order valence-corrected chi connectivity index (χ1v) is 12.0. The summed E-state index contributed by atoms with van der Waals surface area (Å²) in [5, 5.41) is 10.2. The van der Waals surface area contributed by atoms with Crippen LogP contribution >= 0.6 is 23.2 Å². The lowest BCUT2D eigenvalue weighted by Crippen LogP contribution is -2.42. The van der Waals surface area contributed by atoms with Crippen molar-refractivity contribution in [2.45, 2.75) is 31.1 Å². The quantitative estimate of drug-likeness (QED) is 0.432. The summed E-state index contributed by atoms with van der Waals surface area (Å²) in [6, 6.07) is 21.2. The minimum atomic E-state index is -1.09. The van der Waals surface area contributed by atoms with Crippen LogP contribution in [0.1, 0.15) is 52.6 Å². The van der Waals surface area contributed by atoms with Gasteiger partial charge in [-0.25, -0.2) is 4.79 Å². The molecule has 1 aliphatic carbocycles. The number of rotatable bonds is 4. The van der Waals surface area contributed by atoms with E-state index in [-0.39, 0.29) is 29.6 Å². The molecule has 0 bridgehead atoms. The molecule has 0 saturated carbocycles. The first-order chi connectivity index (χ1) is 16.8. The number of halogens is 2. The number of hydrogen-bond donors (Lipinski definition) is 1. The number of hydrogen-bond acceptors (Lipinski definition) is 3. The van der Waals surface area contributed by atoms with Gasteiger partial charge in [-0.05, 0) is 47.7 Å². The lowest BCUT2D eigenvalue weighted by Gasteiger charge is -2.40. The van der Waals surface area contributed by atoms with Crippen LogP contribution in [0.25, 0.3) is 0 Å². The van der Waals surface area contributed by atoms with E-state index in [1.54, 1.807) is 30.3 Å². The molecule has 5 nitrogen and oxygen atoms in total. The summed E-state index contributed by atoms with van der Waals surface area (Å²) < 4.78 is 0. The number of Topliss-reactive ketones (excluding diaryl/α,β-unsaturated/α-hetero) is 1. The second kappa shape index (κ2) is 9.33. The predicted octanol–water partition coefficient (Wildman–Crippen LogP) is 6.61. The first kappa shape index (κ1) is 23.3. The average Bonchev–Trinajstić information content (AvgIpc) is 2.85. The van der Waals surface area contributed by atoms with E-state index in [2.05, 4.69) is 0 Å². The lowest BCUT2D eigenvalue weighted by atomic mass is 9.72. The number of aromatic carboxylic acids is 1. The van der Waals surface area contributed by atoms with Gasteiger partial charge in [-0.3, -0.25) is 14.5 Å². The lowest BCUT2D eigenvalue weighted by molar-refractivity contribution is -0.120. The van der Waals surface area contributed by atoms with Crippen LogP contribution in [0.15, 0.2) is 84.1 Å². The average molecular weight is 506 g/mol. The number of carboxylic acids is 1. The van der Waals surface area contributed by atoms with Crippen molar-refractivity contribution in [3.63, 3.8) is 0 Å². The van der Waals surface area contributed by atoms with E-state index < -0.39 is 11.9 Å². The molecule has 35 heavy (non-hydrogen) atoms. The smallest absolute Gasteiger partial charge is 0.335 e. The standard InChI is InChI=1S/C28H21Cl2NO4/c29-22-11-5-10-20(27(22)30)21-15-25(33)31(19-9-4-8-17(12-19)28(34)35)23-13-18(14-24(32)26(21)23)16-6-2-1-3-7-16/h1-12,18,21H,13-15H2,(H,34,35). The SMILES string of the molecule is O=C1CC(c2ccccc2)CC2=C1C(c1cccc(Cl)c1Cl)CC(=O)N2c1cccc(C(=O)O)c1. The van der Waals surface area contributed by atoms with Gasteiger partial charge in [-0.15, -0.1) is 0 Å². The Morgan fingerprint density at radius 2 is 1.63 bits per heavy atom. The second-order valence-corrected chi connectivity index (χ2v) is 9.57. The van der Waals surface area contributed by atoms with Crippen LogP contribution < -0.4 is 4.90 Å². The second-order valence-electron chi connectivity index (χ2n) is 8.78. The van der Waals surface area contributed by atoms with Crippen molar-refractivity contribution < 1.29 is 19.5 Å². The third-order valence-corrected chi connectivity index (χ3v) is 7.54. The van der Waals surface area contributed by atoms with Gasteiger partial charge in [0.15, 0.2) is 5.78 Å². The molecule has 1 heterocycles. The molecule has 2 aliphatic rings. The summed E-state index contributed by atoms with van der Waals surface area (Å²) in [4.78, 5) is 40.4. The predicted molar refractivity (Wildman–Crippen MR) is 135 cm³/mol. The van der Waals surface area contributed by atoms with Crippen LogP contribution in [0.3, 0.4) is 0 Å². The largest absolute Gasteiger partial charge is 0.478 e. The van der Waals surface area contributed by atoms with E-state index in [4.69, 9.17) is 23.2 Å². The zero-order valence-electron chi connectivity index (χ0n) is 18.6. The van der Waals surface area contributed by atoms with Gasteiger partial charge in [0.2, 0.25) is 5.91 Å². The molecule has 3 aromatic carbocycles. The van der Waals surface area contributed by atoms with Crippen LogP contribution in [-0.4, -0.2) is 22.8 Å². The molecule has 1 amide bonds. The molecule has 0 saturated heterocycles. The first-order valence-electron chi connectivity index (χ1n) is 11.3. The molecule has 176 valence electrons. The maximum atomic E-state index is 13.7. The topological polar surface area (TPSA) is 74.7 Å². The number of carbonyl (C=O) groups is 3. The highest BCUT2D eigenvalue weighted by Crippen LogP contribution is 2.48. The van der Waals surface area contributed by atoms with Crippen molar-refractivity contribution >= 4 is 46.5 Å². The van der Waals surface area contributed by atoms with E-state index in [1.165, 1.54) is 17.0 Å². The molecule has 5 rings (SSSR count). The van der Waals surface area contributed by atoms with E-state index in [9.17, 15) is 19.5 Å². The fourth-order valence-electron chi connectivity index (χ4n) is 5.13. The van der Waals surface area contributed by atoms with Crippen molar-refractivity contribution in [3.05, 3.63) is 111 Å². The Balaban J connectivity index is 1.69. The molecule has 3 aromatic rings. The highest BCUT2D eigenvalue weighted by Gasteiger charge is 2.43. The van der Waals surface area contributed by atoms with Crippen LogP contribution in [0.4, 0.5) is 5.69 Å². The normalized spacial score (nSPS) is 20.1. The third-order valence-electron chi connectivity index (χ3n) is 6.71. The number of allylic oxidation sites excluding steroid dienone is 2. The molecule has 2 atom stereocenters. The number of amides is 1. The Morgan fingerprint density at radius 3 is 2.37 bits per heavy atom. The van der Waals surface area contributed by atoms with Gasteiger partial charge in [0.05, 0.1) is 15.6 Å². The molecular formula is C28H21Cl2NO4. The highest BCUT2D eigenvalue weighted by molar-refractivity contribution is 6.42. The molecule has 0 aromatic heterocycles. The Hall–Kier alpha value is -3.41. The van der Waals surface area contributed by atoms with E-state index in [0.29, 0.717) is 45.4 Å². The highest BCUT2D eigenvalue weighted by atomic mass is 35.5. The molecule has 0 spiro atoms. The van der Waals surface area contributed by atoms with Gasteiger partial charge < -0.3 is 5.11 Å². The molecule has 2 unspecified atom stereocenters. The number of carboxylic acid groups (broad SMARTS) is 1. The van der Waals surface area contributed by atoms with Crippen LogP contribution in [0.5, 0.6) is 0 Å². The Kier molecular flexibility index (Phi) is 6.22. The summed E-state index contributed by atoms with van der Waals surface area (Å²) in [5.74, 6) is -1.99. The summed E-state index contributed by atoms with van der Waals surface area (Å²) in [6.45, 7) is 0. The Morgan fingerprint density at radius 1 is 0.886 bits per heavy atom. The number of anilines is 1. The molecule has 0 radical (unpaired) electrons. The van der Waals surface area contributed by atoms with Gasteiger partial charge >= 0.3 is 5.97 Å². The summed E-state index contributed by atoms with van der Waals surface area (Å²) >= 11 is 12.8. The van der Waals surface area contributed by atoms with Gasteiger partial charge in [-0.2, -0.15) is 0 Å².